The van der Waals surface area contributed by atoms with Crippen LogP contribution in [0, 0.1) is 12.3 Å². The molecule has 0 bridgehead atoms. The fourth-order valence-electron chi connectivity index (χ4n) is 1.54. The van der Waals surface area contributed by atoms with E-state index in [1.54, 1.807) is 24.3 Å². The first-order chi connectivity index (χ1) is 7.22. The molecule has 15 heavy (non-hydrogen) atoms. The highest BCUT2D eigenvalue weighted by atomic mass is 16.2. The molecule has 2 heteroatoms. The maximum Gasteiger partial charge on any atom is 0.253 e. The van der Waals surface area contributed by atoms with Crippen LogP contribution < -0.4 is 0 Å². The molecule has 76 valence electrons. The summed E-state index contributed by atoms with van der Waals surface area (Å²) in [5.74, 6) is 2.62. The van der Waals surface area contributed by atoms with E-state index in [9.17, 15) is 4.79 Å². The van der Waals surface area contributed by atoms with Crippen LogP contribution in [-0.4, -0.2) is 23.9 Å². The second kappa shape index (κ2) is 3.78. The third-order valence-electron chi connectivity index (χ3n) is 2.71. The summed E-state index contributed by atoms with van der Waals surface area (Å²) in [6, 6.07) is 7.62. The Bertz CT molecular complexity index is 409. The van der Waals surface area contributed by atoms with Gasteiger partial charge in [-0.1, -0.05) is 5.92 Å². The molecule has 0 atom stereocenters. The molecule has 0 aromatic heterocycles. The van der Waals surface area contributed by atoms with Gasteiger partial charge in [-0.15, -0.1) is 6.42 Å². The van der Waals surface area contributed by atoms with E-state index in [-0.39, 0.29) is 5.91 Å². The number of hydrogen-bond acceptors (Lipinski definition) is 1. The van der Waals surface area contributed by atoms with Crippen LogP contribution in [0.15, 0.2) is 24.3 Å². The predicted octanol–water partition coefficient (Wildman–Crippen LogP) is 1.90. The zero-order chi connectivity index (χ0) is 10.8. The number of benzene rings is 1. The number of hydrogen-bond donors (Lipinski definition) is 0. The Balaban J connectivity index is 2.15. The first kappa shape index (κ1) is 9.79. The Labute approximate surface area is 89.9 Å². The molecule has 1 aromatic carbocycles. The number of amides is 1. The van der Waals surface area contributed by atoms with Gasteiger partial charge in [0.25, 0.3) is 5.91 Å². The number of carbonyl (C=O) groups is 1. The van der Waals surface area contributed by atoms with Crippen molar-refractivity contribution in [3.05, 3.63) is 35.4 Å². The maximum absolute atomic E-state index is 11.9. The van der Waals surface area contributed by atoms with Crippen molar-refractivity contribution < 1.29 is 4.79 Å². The summed E-state index contributed by atoms with van der Waals surface area (Å²) in [6.45, 7) is 0. The lowest BCUT2D eigenvalue weighted by molar-refractivity contribution is 0.0785. The van der Waals surface area contributed by atoms with Crippen LogP contribution in [-0.2, 0) is 0 Å². The average Bonchev–Trinajstić information content (AvgIpc) is 3.11. The highest BCUT2D eigenvalue weighted by molar-refractivity contribution is 5.94. The van der Waals surface area contributed by atoms with Crippen molar-refractivity contribution in [3.63, 3.8) is 0 Å². The first-order valence-corrected chi connectivity index (χ1v) is 5.06. The molecule has 2 rings (SSSR count). The van der Waals surface area contributed by atoms with Crippen molar-refractivity contribution in [3.8, 4) is 12.3 Å². The summed E-state index contributed by atoms with van der Waals surface area (Å²) in [5, 5.41) is 0. The summed E-state index contributed by atoms with van der Waals surface area (Å²) in [4.78, 5) is 13.7. The van der Waals surface area contributed by atoms with Crippen LogP contribution >= 0.6 is 0 Å². The molecule has 0 radical (unpaired) electrons. The summed E-state index contributed by atoms with van der Waals surface area (Å²) < 4.78 is 0. The van der Waals surface area contributed by atoms with Gasteiger partial charge in [-0.05, 0) is 37.1 Å². The van der Waals surface area contributed by atoms with Gasteiger partial charge in [-0.2, -0.15) is 0 Å². The van der Waals surface area contributed by atoms with Gasteiger partial charge in [0.05, 0.1) is 0 Å². The Kier molecular flexibility index (Phi) is 2.47. The Hall–Kier alpha value is -1.75. The van der Waals surface area contributed by atoms with Crippen molar-refractivity contribution in [2.75, 3.05) is 7.05 Å². The highest BCUT2D eigenvalue weighted by Gasteiger charge is 2.29. The minimum absolute atomic E-state index is 0.0843. The largest absolute Gasteiger partial charge is 0.339 e. The van der Waals surface area contributed by atoms with Gasteiger partial charge in [0.1, 0.15) is 0 Å². The zero-order valence-electron chi connectivity index (χ0n) is 8.73. The zero-order valence-corrected chi connectivity index (χ0v) is 8.73. The van der Waals surface area contributed by atoms with Crippen molar-refractivity contribution in [2.24, 2.45) is 0 Å². The molecular weight excluding hydrogens is 186 g/mol. The normalized spacial score (nSPS) is 14.4. The molecule has 0 unspecified atom stereocenters. The van der Waals surface area contributed by atoms with Crippen molar-refractivity contribution >= 4 is 5.91 Å². The van der Waals surface area contributed by atoms with Crippen molar-refractivity contribution in [1.29, 1.82) is 0 Å². The minimum atomic E-state index is 0.0843. The van der Waals surface area contributed by atoms with Crippen LogP contribution in [0.2, 0.25) is 0 Å². The molecule has 1 aliphatic carbocycles. The van der Waals surface area contributed by atoms with Crippen LogP contribution in [0.3, 0.4) is 0 Å². The maximum atomic E-state index is 11.9. The molecular formula is C13H13NO. The van der Waals surface area contributed by atoms with E-state index >= 15 is 0 Å². The van der Waals surface area contributed by atoms with E-state index in [1.165, 1.54) is 0 Å². The van der Waals surface area contributed by atoms with E-state index in [0.717, 1.165) is 18.4 Å². The monoisotopic (exact) mass is 199 g/mol. The van der Waals surface area contributed by atoms with E-state index < -0.39 is 0 Å². The quantitative estimate of drug-likeness (QED) is 0.666. The molecule has 1 aliphatic rings. The molecule has 1 aromatic rings. The number of carbonyl (C=O) groups excluding carboxylic acids is 1. The lowest BCUT2D eigenvalue weighted by Crippen LogP contribution is -2.28. The number of nitrogens with zero attached hydrogens (tertiary/aromatic N) is 1. The summed E-state index contributed by atoms with van der Waals surface area (Å²) in [7, 11) is 1.86. The van der Waals surface area contributed by atoms with Crippen LogP contribution in [0.4, 0.5) is 0 Å². The predicted molar refractivity (Wildman–Crippen MR) is 59.5 cm³/mol. The smallest absolute Gasteiger partial charge is 0.253 e. The summed E-state index contributed by atoms with van der Waals surface area (Å²) in [5.41, 5.74) is 1.52. The second-order valence-corrected chi connectivity index (χ2v) is 3.87. The van der Waals surface area contributed by atoms with E-state index in [0.29, 0.717) is 11.6 Å². The van der Waals surface area contributed by atoms with Gasteiger partial charge in [0.2, 0.25) is 0 Å². The van der Waals surface area contributed by atoms with E-state index in [1.807, 2.05) is 11.9 Å². The minimum Gasteiger partial charge on any atom is -0.339 e. The molecule has 1 amide bonds. The second-order valence-electron chi connectivity index (χ2n) is 3.87. The van der Waals surface area contributed by atoms with E-state index in [4.69, 9.17) is 6.42 Å². The highest BCUT2D eigenvalue weighted by Crippen LogP contribution is 2.26. The van der Waals surface area contributed by atoms with Crippen LogP contribution in [0.1, 0.15) is 28.8 Å². The fraction of sp³-hybridized carbons (Fsp3) is 0.308. The average molecular weight is 199 g/mol. The van der Waals surface area contributed by atoms with Crippen LogP contribution in [0.25, 0.3) is 0 Å². The third-order valence-corrected chi connectivity index (χ3v) is 2.71. The van der Waals surface area contributed by atoms with Gasteiger partial charge >= 0.3 is 0 Å². The van der Waals surface area contributed by atoms with Gasteiger partial charge in [-0.3, -0.25) is 4.79 Å². The van der Waals surface area contributed by atoms with Crippen molar-refractivity contribution in [1.82, 2.24) is 4.90 Å². The standard InChI is InChI=1S/C13H13NO/c1-3-10-4-6-11(7-5-10)13(15)14(2)12-8-9-12/h1,4-7,12H,8-9H2,2H3. The number of terminal acetylenes is 1. The van der Waals surface area contributed by atoms with Gasteiger partial charge in [0, 0.05) is 24.2 Å². The van der Waals surface area contributed by atoms with Gasteiger partial charge < -0.3 is 4.90 Å². The Morgan fingerprint density at radius 1 is 1.40 bits per heavy atom. The molecule has 0 heterocycles. The molecule has 0 spiro atoms. The van der Waals surface area contributed by atoms with Crippen molar-refractivity contribution in [2.45, 2.75) is 18.9 Å². The Morgan fingerprint density at radius 3 is 2.47 bits per heavy atom. The first-order valence-electron chi connectivity index (χ1n) is 5.06. The van der Waals surface area contributed by atoms with Gasteiger partial charge in [-0.25, -0.2) is 0 Å². The third kappa shape index (κ3) is 2.02. The molecule has 0 aliphatic heterocycles. The topological polar surface area (TPSA) is 20.3 Å². The lowest BCUT2D eigenvalue weighted by atomic mass is 10.1. The Morgan fingerprint density at radius 2 is 2.00 bits per heavy atom. The summed E-state index contributed by atoms with van der Waals surface area (Å²) in [6.07, 6.45) is 7.51. The van der Waals surface area contributed by atoms with Gasteiger partial charge in [0.15, 0.2) is 0 Å². The molecule has 1 fully saturated rings. The molecule has 0 saturated heterocycles. The fourth-order valence-corrected chi connectivity index (χ4v) is 1.54. The SMILES string of the molecule is C#Cc1ccc(C(=O)N(C)C2CC2)cc1. The van der Waals surface area contributed by atoms with Crippen LogP contribution in [0.5, 0.6) is 0 Å². The number of rotatable bonds is 2. The summed E-state index contributed by atoms with van der Waals surface area (Å²) >= 11 is 0. The molecule has 0 N–H and O–H groups in total. The van der Waals surface area contributed by atoms with E-state index in [2.05, 4.69) is 5.92 Å². The molecule has 2 nitrogen and oxygen atoms in total. The lowest BCUT2D eigenvalue weighted by Gasteiger charge is -2.15. The molecule has 1 saturated carbocycles.